The number of aliphatic hydroxyl groups is 1. The summed E-state index contributed by atoms with van der Waals surface area (Å²) in [6.45, 7) is -0.102. The van der Waals surface area contributed by atoms with Crippen LogP contribution >= 0.6 is 23.2 Å². The Balaban J connectivity index is 1.83. The molecule has 0 bridgehead atoms. The minimum atomic E-state index is -4.27. The molecule has 1 aliphatic rings. The maximum Gasteiger partial charge on any atom is 0.243 e. The standard InChI is InChI=1S/C19H19Cl2F3N2O3S/c20-12-8-14(22)18(30(28,29)26-16-3-1-2-4-17(16)27)5-10(12)9-25-11-6-13(21)19(24)15(23)7-11/h5-8,16-17,25-27H,1-4,9H2. The Labute approximate surface area is 182 Å². The quantitative estimate of drug-likeness (QED) is 0.525. The Hall–Kier alpha value is -1.52. The molecule has 0 heterocycles. The number of halogens is 5. The highest BCUT2D eigenvalue weighted by Gasteiger charge is 2.30. The summed E-state index contributed by atoms with van der Waals surface area (Å²) in [7, 11) is -4.27. The minimum Gasteiger partial charge on any atom is -0.391 e. The SMILES string of the molecule is O=S(=O)(NC1CCCCC1O)c1cc(CNc2cc(F)c(F)c(Cl)c2)c(Cl)cc1F. The average Bonchev–Trinajstić information content (AvgIpc) is 2.66. The number of benzene rings is 2. The van der Waals surface area contributed by atoms with Crippen molar-refractivity contribution >= 4 is 38.9 Å². The molecule has 1 fully saturated rings. The van der Waals surface area contributed by atoms with Crippen molar-refractivity contribution in [3.05, 3.63) is 57.3 Å². The number of hydrogen-bond acceptors (Lipinski definition) is 4. The molecule has 1 aliphatic carbocycles. The maximum absolute atomic E-state index is 14.4. The molecular weight excluding hydrogens is 464 g/mol. The van der Waals surface area contributed by atoms with E-state index in [0.29, 0.717) is 12.8 Å². The van der Waals surface area contributed by atoms with Gasteiger partial charge in [-0.1, -0.05) is 36.0 Å². The van der Waals surface area contributed by atoms with Crippen LogP contribution in [0.4, 0.5) is 18.9 Å². The maximum atomic E-state index is 14.4. The summed E-state index contributed by atoms with van der Waals surface area (Å²) < 4.78 is 68.9. The molecule has 164 valence electrons. The number of nitrogens with one attached hydrogen (secondary N) is 2. The molecule has 2 aromatic carbocycles. The number of aliphatic hydroxyl groups excluding tert-OH is 1. The zero-order chi connectivity index (χ0) is 22.1. The fourth-order valence-electron chi connectivity index (χ4n) is 3.28. The van der Waals surface area contributed by atoms with E-state index in [0.717, 1.165) is 37.1 Å². The fourth-order valence-corrected chi connectivity index (χ4v) is 5.12. The van der Waals surface area contributed by atoms with Crippen LogP contribution in [0.15, 0.2) is 29.2 Å². The smallest absolute Gasteiger partial charge is 0.243 e. The average molecular weight is 483 g/mol. The first-order chi connectivity index (χ1) is 14.1. The second kappa shape index (κ2) is 9.32. The molecule has 3 rings (SSSR count). The third-order valence-corrected chi connectivity index (χ3v) is 7.03. The molecule has 0 spiro atoms. The van der Waals surface area contributed by atoms with Gasteiger partial charge < -0.3 is 10.4 Å². The molecule has 1 saturated carbocycles. The molecule has 0 aliphatic heterocycles. The van der Waals surface area contributed by atoms with Crippen LogP contribution in [0.1, 0.15) is 31.2 Å². The van der Waals surface area contributed by atoms with Gasteiger partial charge in [-0.2, -0.15) is 0 Å². The Kier molecular flexibility index (Phi) is 7.19. The van der Waals surface area contributed by atoms with E-state index in [1.165, 1.54) is 0 Å². The van der Waals surface area contributed by atoms with Gasteiger partial charge in [-0.05, 0) is 36.6 Å². The van der Waals surface area contributed by atoms with Gasteiger partial charge in [0, 0.05) is 29.4 Å². The normalized spacial score (nSPS) is 19.7. The predicted molar refractivity (Wildman–Crippen MR) is 109 cm³/mol. The van der Waals surface area contributed by atoms with Gasteiger partial charge in [0.05, 0.1) is 11.1 Å². The summed E-state index contributed by atoms with van der Waals surface area (Å²) in [5.74, 6) is -3.39. The highest BCUT2D eigenvalue weighted by atomic mass is 35.5. The third-order valence-electron chi connectivity index (χ3n) is 4.89. The lowest BCUT2D eigenvalue weighted by atomic mass is 9.93. The molecule has 2 unspecified atom stereocenters. The van der Waals surface area contributed by atoms with E-state index in [1.54, 1.807) is 0 Å². The lowest BCUT2D eigenvalue weighted by molar-refractivity contribution is 0.101. The monoisotopic (exact) mass is 482 g/mol. The van der Waals surface area contributed by atoms with E-state index in [-0.39, 0.29) is 22.8 Å². The molecule has 2 aromatic rings. The van der Waals surface area contributed by atoms with E-state index < -0.39 is 49.5 Å². The molecule has 5 nitrogen and oxygen atoms in total. The lowest BCUT2D eigenvalue weighted by Crippen LogP contribution is -2.45. The molecule has 3 N–H and O–H groups in total. The first-order valence-electron chi connectivity index (χ1n) is 9.15. The largest absolute Gasteiger partial charge is 0.391 e. The van der Waals surface area contributed by atoms with Gasteiger partial charge in [0.15, 0.2) is 11.6 Å². The van der Waals surface area contributed by atoms with E-state index in [2.05, 4.69) is 10.0 Å². The van der Waals surface area contributed by atoms with Crippen molar-refractivity contribution in [3.8, 4) is 0 Å². The van der Waals surface area contributed by atoms with Gasteiger partial charge in [-0.15, -0.1) is 0 Å². The Morgan fingerprint density at radius 1 is 1.00 bits per heavy atom. The van der Waals surface area contributed by atoms with E-state index in [4.69, 9.17) is 23.2 Å². The van der Waals surface area contributed by atoms with Crippen molar-refractivity contribution in [2.75, 3.05) is 5.32 Å². The number of sulfonamides is 1. The third kappa shape index (κ3) is 5.20. The minimum absolute atomic E-state index is 0.0506. The first kappa shape index (κ1) is 23.1. The van der Waals surface area contributed by atoms with Gasteiger partial charge in [0.2, 0.25) is 10.0 Å². The van der Waals surface area contributed by atoms with Crippen molar-refractivity contribution in [2.45, 2.75) is 49.3 Å². The second-order valence-corrected chi connectivity index (χ2v) is 9.56. The van der Waals surface area contributed by atoms with Crippen LogP contribution in [0, 0.1) is 17.5 Å². The lowest BCUT2D eigenvalue weighted by Gasteiger charge is -2.28. The molecule has 30 heavy (non-hydrogen) atoms. The molecule has 2 atom stereocenters. The summed E-state index contributed by atoms with van der Waals surface area (Å²) in [5, 5.41) is 12.3. The summed E-state index contributed by atoms with van der Waals surface area (Å²) >= 11 is 11.6. The van der Waals surface area contributed by atoms with Gasteiger partial charge in [-0.3, -0.25) is 0 Å². The summed E-state index contributed by atoms with van der Waals surface area (Å²) in [5.41, 5.74) is 0.343. The van der Waals surface area contributed by atoms with Crippen LogP contribution in [0.2, 0.25) is 10.0 Å². The van der Waals surface area contributed by atoms with Gasteiger partial charge in [0.25, 0.3) is 0 Å². The van der Waals surface area contributed by atoms with Crippen LogP contribution < -0.4 is 10.0 Å². The molecule has 0 amide bonds. The molecule has 0 saturated heterocycles. The van der Waals surface area contributed by atoms with Crippen LogP contribution in [-0.4, -0.2) is 25.7 Å². The zero-order valence-corrected chi connectivity index (χ0v) is 17.9. The fraction of sp³-hybridized carbons (Fsp3) is 0.368. The predicted octanol–water partition coefficient (Wildman–Crippen LogP) is 4.60. The summed E-state index contributed by atoms with van der Waals surface area (Å²) in [4.78, 5) is -0.621. The van der Waals surface area contributed by atoms with E-state index in [9.17, 15) is 26.7 Å². The summed E-state index contributed by atoms with van der Waals surface area (Å²) in [6.07, 6.45) is 1.60. The van der Waals surface area contributed by atoms with Crippen molar-refractivity contribution in [1.82, 2.24) is 4.72 Å². The zero-order valence-electron chi connectivity index (χ0n) is 15.6. The highest BCUT2D eigenvalue weighted by Crippen LogP contribution is 2.28. The first-order valence-corrected chi connectivity index (χ1v) is 11.4. The van der Waals surface area contributed by atoms with E-state index >= 15 is 0 Å². The van der Waals surface area contributed by atoms with Gasteiger partial charge in [-0.25, -0.2) is 26.3 Å². The number of hydrogen-bond donors (Lipinski definition) is 3. The van der Waals surface area contributed by atoms with Crippen molar-refractivity contribution in [1.29, 1.82) is 0 Å². The van der Waals surface area contributed by atoms with Crippen LogP contribution in [0.25, 0.3) is 0 Å². The molecule has 0 radical (unpaired) electrons. The van der Waals surface area contributed by atoms with Crippen LogP contribution in [0.3, 0.4) is 0 Å². The topological polar surface area (TPSA) is 78.4 Å². The Bertz CT molecular complexity index is 1030. The second-order valence-electron chi connectivity index (χ2n) is 7.06. The number of anilines is 1. The molecule has 11 heteroatoms. The Morgan fingerprint density at radius 2 is 1.70 bits per heavy atom. The van der Waals surface area contributed by atoms with Gasteiger partial charge >= 0.3 is 0 Å². The summed E-state index contributed by atoms with van der Waals surface area (Å²) in [6, 6.07) is 3.25. The highest BCUT2D eigenvalue weighted by molar-refractivity contribution is 7.89. The molecular formula is C19H19Cl2F3N2O3S. The van der Waals surface area contributed by atoms with Gasteiger partial charge in [0.1, 0.15) is 10.7 Å². The number of rotatable bonds is 6. The van der Waals surface area contributed by atoms with Crippen molar-refractivity contribution < 1.29 is 26.7 Å². The van der Waals surface area contributed by atoms with Crippen molar-refractivity contribution in [2.24, 2.45) is 0 Å². The van der Waals surface area contributed by atoms with Crippen LogP contribution in [0.5, 0.6) is 0 Å². The Morgan fingerprint density at radius 3 is 2.37 bits per heavy atom. The molecule has 0 aromatic heterocycles. The van der Waals surface area contributed by atoms with E-state index in [1.807, 2.05) is 0 Å². The van der Waals surface area contributed by atoms with Crippen molar-refractivity contribution in [3.63, 3.8) is 0 Å². The van der Waals surface area contributed by atoms with Crippen LogP contribution in [-0.2, 0) is 16.6 Å².